The fourth-order valence-electron chi connectivity index (χ4n) is 4.62. The molecule has 1 N–H and O–H groups in total. The van der Waals surface area contributed by atoms with Gasteiger partial charge in [-0.1, -0.05) is 24.6 Å². The van der Waals surface area contributed by atoms with Gasteiger partial charge < -0.3 is 10.1 Å². The highest BCUT2D eigenvalue weighted by Gasteiger charge is 2.59. The first-order valence-corrected chi connectivity index (χ1v) is 10.0. The molecule has 4 rings (SSSR count). The van der Waals surface area contributed by atoms with E-state index in [0.29, 0.717) is 28.3 Å². The summed E-state index contributed by atoms with van der Waals surface area (Å²) in [5.74, 6) is -0.474. The molecule has 3 nitrogen and oxygen atoms in total. The van der Waals surface area contributed by atoms with Crippen LogP contribution in [0.15, 0.2) is 42.5 Å². The van der Waals surface area contributed by atoms with Crippen molar-refractivity contribution in [3.63, 3.8) is 0 Å². The molecule has 3 atom stereocenters. The van der Waals surface area contributed by atoms with E-state index < -0.39 is 11.6 Å². The molecule has 0 aromatic heterocycles. The molecule has 1 amide bonds. The zero-order valence-electron chi connectivity index (χ0n) is 15.5. The Labute approximate surface area is 168 Å². The largest absolute Gasteiger partial charge is 0.484 e. The van der Waals surface area contributed by atoms with Gasteiger partial charge in [0.2, 0.25) is 0 Å². The Morgan fingerprint density at radius 3 is 2.32 bits per heavy atom. The van der Waals surface area contributed by atoms with Crippen LogP contribution in [0.25, 0.3) is 0 Å². The third-order valence-corrected chi connectivity index (χ3v) is 6.25. The zero-order valence-corrected chi connectivity index (χ0v) is 16.3. The van der Waals surface area contributed by atoms with Crippen LogP contribution in [0.1, 0.15) is 36.5 Å². The highest BCUT2D eigenvalue weighted by Crippen LogP contribution is 2.60. The molecule has 28 heavy (non-hydrogen) atoms. The topological polar surface area (TPSA) is 38.3 Å². The van der Waals surface area contributed by atoms with E-state index in [4.69, 9.17) is 16.3 Å². The van der Waals surface area contributed by atoms with Gasteiger partial charge >= 0.3 is 0 Å². The Kier molecular flexibility index (Phi) is 5.28. The lowest BCUT2D eigenvalue weighted by Gasteiger charge is -2.22. The van der Waals surface area contributed by atoms with Gasteiger partial charge in [0, 0.05) is 16.6 Å². The van der Waals surface area contributed by atoms with Crippen molar-refractivity contribution in [2.75, 3.05) is 0 Å². The third kappa shape index (κ3) is 3.72. The second-order valence-corrected chi connectivity index (χ2v) is 8.10. The van der Waals surface area contributed by atoms with E-state index in [2.05, 4.69) is 12.2 Å². The summed E-state index contributed by atoms with van der Waals surface area (Å²) in [7, 11) is 0. The Bertz CT molecular complexity index is 841. The number of hydrogen-bond acceptors (Lipinski definition) is 2. The molecule has 2 aliphatic rings. The van der Waals surface area contributed by atoms with Crippen LogP contribution in [-0.4, -0.2) is 18.1 Å². The summed E-state index contributed by atoms with van der Waals surface area (Å²) in [6.45, 7) is 2.06. The van der Waals surface area contributed by atoms with Crippen LogP contribution in [0, 0.1) is 29.4 Å². The summed E-state index contributed by atoms with van der Waals surface area (Å²) in [6.07, 6.45) is 2.18. The molecule has 0 heterocycles. The van der Waals surface area contributed by atoms with E-state index in [-0.39, 0.29) is 23.8 Å². The summed E-state index contributed by atoms with van der Waals surface area (Å²) in [6, 6.07) is 10.7. The van der Waals surface area contributed by atoms with Gasteiger partial charge in [0.25, 0.3) is 5.91 Å². The number of halogens is 3. The van der Waals surface area contributed by atoms with Gasteiger partial charge in [0.15, 0.2) is 17.4 Å². The van der Waals surface area contributed by atoms with Crippen molar-refractivity contribution >= 4 is 17.5 Å². The number of para-hydroxylation sites is 1. The minimum Gasteiger partial charge on any atom is -0.484 e. The van der Waals surface area contributed by atoms with Gasteiger partial charge in [-0.15, -0.1) is 0 Å². The van der Waals surface area contributed by atoms with Crippen molar-refractivity contribution in [3.05, 3.63) is 64.7 Å². The highest BCUT2D eigenvalue weighted by molar-refractivity contribution is 6.30. The highest BCUT2D eigenvalue weighted by atomic mass is 35.5. The Morgan fingerprint density at radius 2 is 1.75 bits per heavy atom. The van der Waals surface area contributed by atoms with Crippen LogP contribution < -0.4 is 10.1 Å². The molecular weight excluding hydrogens is 384 g/mol. The molecule has 2 aliphatic carbocycles. The fourth-order valence-corrected chi connectivity index (χ4v) is 4.75. The molecule has 0 bridgehead atoms. The Morgan fingerprint density at radius 1 is 1.14 bits per heavy atom. The second-order valence-electron chi connectivity index (χ2n) is 7.66. The standard InChI is InChI=1S/C22H22ClF2NO2/c1-2-19(26-22(27)12-6-8-13(23)9-7-12)20-15-10-14(11-16(15)20)28-21-17(24)4-3-5-18(21)25/h3-9,14-16,19-20H,2,10-11H2,1H3,(H,26,27). The second kappa shape index (κ2) is 7.70. The average Bonchev–Trinajstić information content (AvgIpc) is 3.16. The van der Waals surface area contributed by atoms with Gasteiger partial charge in [-0.2, -0.15) is 0 Å². The van der Waals surface area contributed by atoms with Crippen molar-refractivity contribution in [1.82, 2.24) is 5.32 Å². The van der Waals surface area contributed by atoms with E-state index in [9.17, 15) is 13.6 Å². The van der Waals surface area contributed by atoms with Crippen molar-refractivity contribution in [2.45, 2.75) is 38.3 Å². The normalized spacial score (nSPS) is 26.4. The number of carbonyl (C=O) groups is 1. The van der Waals surface area contributed by atoms with Gasteiger partial charge in [-0.05, 0) is 73.4 Å². The molecule has 2 aromatic rings. The Balaban J connectivity index is 1.34. The molecule has 0 radical (unpaired) electrons. The van der Waals surface area contributed by atoms with Gasteiger partial charge in [0.05, 0.1) is 6.10 Å². The summed E-state index contributed by atoms with van der Waals surface area (Å²) in [4.78, 5) is 12.5. The first-order chi connectivity index (χ1) is 13.5. The molecule has 0 aliphatic heterocycles. The predicted octanol–water partition coefficient (Wildman–Crippen LogP) is 5.23. The number of nitrogens with one attached hydrogen (secondary N) is 1. The van der Waals surface area contributed by atoms with Crippen molar-refractivity contribution in [1.29, 1.82) is 0 Å². The fraction of sp³-hybridized carbons (Fsp3) is 0.409. The van der Waals surface area contributed by atoms with Crippen LogP contribution in [0.4, 0.5) is 8.78 Å². The molecule has 2 aromatic carbocycles. The number of fused-ring (bicyclic) bond motifs is 1. The number of hydrogen-bond donors (Lipinski definition) is 1. The molecular formula is C22H22ClF2NO2. The van der Waals surface area contributed by atoms with Crippen molar-refractivity contribution in [3.8, 4) is 5.75 Å². The molecule has 0 spiro atoms. The smallest absolute Gasteiger partial charge is 0.251 e. The maximum absolute atomic E-state index is 13.8. The lowest BCUT2D eigenvalue weighted by Crippen LogP contribution is -2.37. The predicted molar refractivity (Wildman–Crippen MR) is 103 cm³/mol. The van der Waals surface area contributed by atoms with E-state index in [1.54, 1.807) is 24.3 Å². The molecule has 148 valence electrons. The van der Waals surface area contributed by atoms with Crippen LogP contribution >= 0.6 is 11.6 Å². The molecule has 3 unspecified atom stereocenters. The van der Waals surface area contributed by atoms with E-state index in [1.165, 1.54) is 18.2 Å². The molecule has 2 saturated carbocycles. The molecule has 2 fully saturated rings. The number of ether oxygens (including phenoxy) is 1. The van der Waals surface area contributed by atoms with E-state index in [1.807, 2.05) is 0 Å². The molecule has 0 saturated heterocycles. The van der Waals surface area contributed by atoms with Gasteiger partial charge in [-0.25, -0.2) is 8.78 Å². The summed E-state index contributed by atoms with van der Waals surface area (Å²) in [5.41, 5.74) is 0.588. The lowest BCUT2D eigenvalue weighted by atomic mass is 10.00. The first-order valence-electron chi connectivity index (χ1n) is 9.65. The number of rotatable bonds is 6. The maximum atomic E-state index is 13.8. The summed E-state index contributed by atoms with van der Waals surface area (Å²) < 4.78 is 33.2. The van der Waals surface area contributed by atoms with Crippen LogP contribution in [-0.2, 0) is 0 Å². The summed E-state index contributed by atoms with van der Waals surface area (Å²) in [5, 5.41) is 3.73. The van der Waals surface area contributed by atoms with Gasteiger partial charge in [-0.3, -0.25) is 4.79 Å². The van der Waals surface area contributed by atoms with Crippen LogP contribution in [0.3, 0.4) is 0 Å². The maximum Gasteiger partial charge on any atom is 0.251 e. The zero-order chi connectivity index (χ0) is 19.8. The van der Waals surface area contributed by atoms with E-state index in [0.717, 1.165) is 19.3 Å². The van der Waals surface area contributed by atoms with Crippen LogP contribution in [0.5, 0.6) is 5.75 Å². The third-order valence-electron chi connectivity index (χ3n) is 6.00. The average molecular weight is 406 g/mol. The van der Waals surface area contributed by atoms with E-state index >= 15 is 0 Å². The summed E-state index contributed by atoms with van der Waals surface area (Å²) >= 11 is 5.88. The SMILES string of the molecule is CCC(NC(=O)c1ccc(Cl)cc1)C1C2CC(Oc3c(F)cccc3F)CC21. The minimum atomic E-state index is -0.668. The molecule has 6 heteroatoms. The van der Waals surface area contributed by atoms with Gasteiger partial charge in [0.1, 0.15) is 0 Å². The van der Waals surface area contributed by atoms with Crippen molar-refractivity contribution in [2.24, 2.45) is 17.8 Å². The van der Waals surface area contributed by atoms with Crippen molar-refractivity contribution < 1.29 is 18.3 Å². The number of amides is 1. The number of carbonyl (C=O) groups excluding carboxylic acids is 1. The first kappa shape index (κ1) is 19.2. The van der Waals surface area contributed by atoms with Crippen LogP contribution in [0.2, 0.25) is 5.02 Å². The minimum absolute atomic E-state index is 0.0873. The quantitative estimate of drug-likeness (QED) is 0.714. The number of benzene rings is 2. The lowest BCUT2D eigenvalue weighted by molar-refractivity contribution is 0.0923. The Hall–Kier alpha value is -2.14. The monoisotopic (exact) mass is 405 g/mol.